The third kappa shape index (κ3) is 3.86. The van der Waals surface area contributed by atoms with Crippen molar-refractivity contribution in [1.82, 2.24) is 5.32 Å². The van der Waals surface area contributed by atoms with E-state index < -0.39 is 5.41 Å². The largest absolute Gasteiger partial charge is 0.393 e. The Morgan fingerprint density at radius 2 is 1.86 bits per heavy atom. The Kier molecular flexibility index (Phi) is 5.57. The number of carbonyl (C=O) groups is 1. The highest BCUT2D eigenvalue weighted by molar-refractivity contribution is 5.88. The molecule has 1 aromatic carbocycles. The number of rotatable bonds is 6. The Morgan fingerprint density at radius 3 is 2.41 bits per heavy atom. The molecule has 0 bridgehead atoms. The molecule has 1 aliphatic carbocycles. The van der Waals surface area contributed by atoms with Gasteiger partial charge in [-0.1, -0.05) is 31.9 Å². The molecule has 0 radical (unpaired) electrons. The minimum Gasteiger partial charge on any atom is -0.393 e. The first-order valence-electron chi connectivity index (χ1n) is 8.16. The molecule has 1 aromatic rings. The lowest BCUT2D eigenvalue weighted by molar-refractivity contribution is -0.126. The topological polar surface area (TPSA) is 49.3 Å². The van der Waals surface area contributed by atoms with Gasteiger partial charge in [0.25, 0.3) is 0 Å². The fourth-order valence-electron chi connectivity index (χ4n) is 3.50. The monoisotopic (exact) mass is 307 g/mol. The molecule has 22 heavy (non-hydrogen) atoms. The van der Waals surface area contributed by atoms with Gasteiger partial charge in [-0.05, 0) is 49.8 Å². The Hall–Kier alpha value is -1.42. The number of amides is 1. The molecule has 1 saturated carbocycles. The summed E-state index contributed by atoms with van der Waals surface area (Å²) in [5.41, 5.74) is 0.394. The minimum absolute atomic E-state index is 0.0362. The highest BCUT2D eigenvalue weighted by atomic mass is 19.1. The molecule has 2 N–H and O–H groups in total. The van der Waals surface area contributed by atoms with Crippen LogP contribution in [0.5, 0.6) is 0 Å². The van der Waals surface area contributed by atoms with Gasteiger partial charge >= 0.3 is 0 Å². The summed E-state index contributed by atoms with van der Waals surface area (Å²) in [6.07, 6.45) is 3.99. The summed E-state index contributed by atoms with van der Waals surface area (Å²) in [6, 6.07) is 6.33. The minimum atomic E-state index is -0.516. The molecule has 1 fully saturated rings. The molecule has 2 rings (SSSR count). The molecule has 4 heteroatoms. The molecule has 2 unspecified atom stereocenters. The van der Waals surface area contributed by atoms with Crippen molar-refractivity contribution in [3.05, 3.63) is 35.6 Å². The van der Waals surface area contributed by atoms with Gasteiger partial charge in [-0.15, -0.1) is 0 Å². The van der Waals surface area contributed by atoms with E-state index >= 15 is 0 Å². The van der Waals surface area contributed by atoms with Crippen molar-refractivity contribution in [3.8, 4) is 0 Å². The maximum atomic E-state index is 13.2. The van der Waals surface area contributed by atoms with Gasteiger partial charge in [0.2, 0.25) is 5.91 Å². The lowest BCUT2D eigenvalue weighted by Crippen LogP contribution is -2.44. The van der Waals surface area contributed by atoms with Crippen molar-refractivity contribution in [1.29, 1.82) is 0 Å². The molecular formula is C18H26FNO2. The predicted molar refractivity (Wildman–Crippen MR) is 85.0 cm³/mol. The van der Waals surface area contributed by atoms with Crippen molar-refractivity contribution in [3.63, 3.8) is 0 Å². The predicted octanol–water partition coefficient (Wildman–Crippen LogP) is 3.16. The Morgan fingerprint density at radius 1 is 1.27 bits per heavy atom. The SMILES string of the molecule is CC(O)CC(C)CNC(=O)C1(c2ccc(F)cc2)CCCC1. The zero-order valence-electron chi connectivity index (χ0n) is 13.4. The zero-order chi connectivity index (χ0) is 16.2. The van der Waals surface area contributed by atoms with Crippen molar-refractivity contribution >= 4 is 5.91 Å². The lowest BCUT2D eigenvalue weighted by atomic mass is 9.78. The molecule has 2 atom stereocenters. The van der Waals surface area contributed by atoms with Crippen LogP contribution in [-0.2, 0) is 10.2 Å². The number of benzene rings is 1. The van der Waals surface area contributed by atoms with Crippen LogP contribution in [0.2, 0.25) is 0 Å². The van der Waals surface area contributed by atoms with Gasteiger partial charge in [-0.25, -0.2) is 4.39 Å². The highest BCUT2D eigenvalue weighted by Gasteiger charge is 2.42. The van der Waals surface area contributed by atoms with E-state index in [1.165, 1.54) is 12.1 Å². The van der Waals surface area contributed by atoms with Gasteiger partial charge in [-0.3, -0.25) is 4.79 Å². The molecule has 0 spiro atoms. The quantitative estimate of drug-likeness (QED) is 0.848. The second-order valence-electron chi connectivity index (χ2n) is 6.70. The van der Waals surface area contributed by atoms with Crippen LogP contribution in [0.15, 0.2) is 24.3 Å². The number of nitrogens with one attached hydrogen (secondary N) is 1. The van der Waals surface area contributed by atoms with Crippen molar-refractivity contribution in [2.45, 2.75) is 57.5 Å². The fourth-order valence-corrected chi connectivity index (χ4v) is 3.50. The van der Waals surface area contributed by atoms with Gasteiger partial charge in [-0.2, -0.15) is 0 Å². The second kappa shape index (κ2) is 7.23. The van der Waals surface area contributed by atoms with Crippen LogP contribution in [-0.4, -0.2) is 23.7 Å². The van der Waals surface area contributed by atoms with Gasteiger partial charge in [0.05, 0.1) is 11.5 Å². The van der Waals surface area contributed by atoms with Crippen LogP contribution >= 0.6 is 0 Å². The van der Waals surface area contributed by atoms with Gasteiger partial charge < -0.3 is 10.4 Å². The zero-order valence-corrected chi connectivity index (χ0v) is 13.4. The summed E-state index contributed by atoms with van der Waals surface area (Å²) in [6.45, 7) is 4.34. The van der Waals surface area contributed by atoms with E-state index in [0.717, 1.165) is 31.2 Å². The van der Waals surface area contributed by atoms with E-state index in [2.05, 4.69) is 5.32 Å². The molecular weight excluding hydrogens is 281 g/mol. The maximum Gasteiger partial charge on any atom is 0.230 e. The average molecular weight is 307 g/mol. The van der Waals surface area contributed by atoms with Crippen LogP contribution in [0.25, 0.3) is 0 Å². The van der Waals surface area contributed by atoms with E-state index in [1.807, 2.05) is 6.92 Å². The Balaban J connectivity index is 2.07. The Labute approximate surface area is 131 Å². The third-order valence-electron chi connectivity index (χ3n) is 4.64. The first kappa shape index (κ1) is 16.9. The number of aliphatic hydroxyl groups is 1. The smallest absolute Gasteiger partial charge is 0.230 e. The Bertz CT molecular complexity index is 492. The van der Waals surface area contributed by atoms with Crippen LogP contribution in [0, 0.1) is 11.7 Å². The maximum absolute atomic E-state index is 13.2. The molecule has 0 heterocycles. The molecule has 1 amide bonds. The van der Waals surface area contributed by atoms with Crippen molar-refractivity contribution in [2.24, 2.45) is 5.92 Å². The molecule has 0 aromatic heterocycles. The number of hydrogen-bond acceptors (Lipinski definition) is 2. The summed E-state index contributed by atoms with van der Waals surface area (Å²) in [7, 11) is 0. The van der Waals surface area contributed by atoms with Crippen molar-refractivity contribution < 1.29 is 14.3 Å². The molecule has 122 valence electrons. The molecule has 0 saturated heterocycles. The third-order valence-corrected chi connectivity index (χ3v) is 4.64. The number of halogens is 1. The van der Waals surface area contributed by atoms with Gasteiger partial charge in [0.15, 0.2) is 0 Å². The fraction of sp³-hybridized carbons (Fsp3) is 0.611. The summed E-state index contributed by atoms with van der Waals surface area (Å²) < 4.78 is 13.2. The standard InChI is InChI=1S/C18H26FNO2/c1-13(11-14(2)21)12-20-17(22)18(9-3-4-10-18)15-5-7-16(19)8-6-15/h5-8,13-14,21H,3-4,9-12H2,1-2H3,(H,20,22). The van der Waals surface area contributed by atoms with Gasteiger partial charge in [0.1, 0.15) is 5.82 Å². The second-order valence-corrected chi connectivity index (χ2v) is 6.70. The summed E-state index contributed by atoms with van der Waals surface area (Å²) in [5, 5.41) is 12.4. The van der Waals surface area contributed by atoms with E-state index in [-0.39, 0.29) is 23.7 Å². The molecule has 0 aliphatic heterocycles. The number of aliphatic hydroxyl groups excluding tert-OH is 1. The number of hydrogen-bond donors (Lipinski definition) is 2. The van der Waals surface area contributed by atoms with Gasteiger partial charge in [0, 0.05) is 6.54 Å². The van der Waals surface area contributed by atoms with Crippen LogP contribution in [0.1, 0.15) is 51.5 Å². The van der Waals surface area contributed by atoms with Crippen LogP contribution in [0.4, 0.5) is 4.39 Å². The lowest BCUT2D eigenvalue weighted by Gasteiger charge is -2.29. The molecule has 3 nitrogen and oxygen atoms in total. The van der Waals surface area contributed by atoms with Crippen LogP contribution in [0.3, 0.4) is 0 Å². The van der Waals surface area contributed by atoms with E-state index in [9.17, 15) is 14.3 Å². The van der Waals surface area contributed by atoms with E-state index in [1.54, 1.807) is 19.1 Å². The summed E-state index contributed by atoms with van der Waals surface area (Å²) >= 11 is 0. The number of carbonyl (C=O) groups excluding carboxylic acids is 1. The molecule has 1 aliphatic rings. The first-order valence-corrected chi connectivity index (χ1v) is 8.16. The normalized spacial score (nSPS) is 19.6. The average Bonchev–Trinajstić information content (AvgIpc) is 2.95. The highest BCUT2D eigenvalue weighted by Crippen LogP contribution is 2.41. The summed E-state index contributed by atoms with van der Waals surface area (Å²) in [4.78, 5) is 12.8. The first-order chi connectivity index (χ1) is 10.4. The van der Waals surface area contributed by atoms with Crippen LogP contribution < -0.4 is 5.32 Å². The summed E-state index contributed by atoms with van der Waals surface area (Å²) in [5.74, 6) is -0.00691. The van der Waals surface area contributed by atoms with E-state index in [4.69, 9.17) is 0 Å². The van der Waals surface area contributed by atoms with Crippen molar-refractivity contribution in [2.75, 3.05) is 6.54 Å². The van der Waals surface area contributed by atoms with E-state index in [0.29, 0.717) is 13.0 Å².